The fourth-order valence-electron chi connectivity index (χ4n) is 0. The van der Waals surface area contributed by atoms with Crippen LogP contribution in [0.4, 0.5) is 0 Å². The monoisotopic (exact) mass is 77.0 g/mol. The first kappa shape index (κ1) is 4.27. The Kier molecular flexibility index (Phi) is 3.49. The highest BCUT2D eigenvalue weighted by Crippen LogP contribution is 1.19. The lowest BCUT2D eigenvalue weighted by Crippen LogP contribution is -2.14. The topological polar surface area (TPSA) is 38.0 Å². The van der Waals surface area contributed by atoms with Crippen LogP contribution in [0.15, 0.2) is 0 Å². The van der Waals surface area contributed by atoms with Crippen LogP contribution in [0, 0.1) is 0 Å². The summed E-state index contributed by atoms with van der Waals surface area (Å²) < 4.78 is 2.29. The Bertz CT molecular complexity index is 8.00. The van der Waals surface area contributed by atoms with E-state index >= 15 is 0 Å². The maximum absolute atomic E-state index is 4.81. The van der Waals surface area contributed by atoms with Gasteiger partial charge in [-0.25, -0.2) is 0 Å². The van der Waals surface area contributed by atoms with Crippen LogP contribution in [0.3, 0.4) is 0 Å². The van der Waals surface area contributed by atoms with Crippen molar-refractivity contribution in [1.29, 1.82) is 0 Å². The minimum Gasteiger partial charge on any atom is -0.704 e. The molecule has 0 unspecified atom stereocenters. The molecule has 4 heavy (non-hydrogen) atoms. The Morgan fingerprint density at radius 2 is 2.25 bits per heavy atom. The second-order valence-electron chi connectivity index (χ2n) is 0.348. The lowest BCUT2D eigenvalue weighted by Gasteiger charge is -1.96. The lowest BCUT2D eigenvalue weighted by atomic mass is 11.3. The van der Waals surface area contributed by atoms with Crippen molar-refractivity contribution >= 4 is 12.8 Å². The van der Waals surface area contributed by atoms with Gasteiger partial charge in [0, 0.05) is 6.67 Å². The van der Waals surface area contributed by atoms with Gasteiger partial charge < -0.3 is 23.3 Å². The Hall–Kier alpha value is 0.270. The van der Waals surface area contributed by atoms with Gasteiger partial charge in [0.1, 0.15) is 0 Å². The highest BCUT2D eigenvalue weighted by molar-refractivity contribution is 7.56. The van der Waals surface area contributed by atoms with Crippen LogP contribution in [-0.2, 0) is 12.8 Å². The van der Waals surface area contributed by atoms with E-state index in [-0.39, 0.29) is 0 Å². The van der Waals surface area contributed by atoms with E-state index in [1.54, 1.807) is 0 Å². The summed E-state index contributed by atoms with van der Waals surface area (Å²) in [6.07, 6.45) is 0. The van der Waals surface area contributed by atoms with Crippen molar-refractivity contribution in [3.05, 3.63) is 0 Å². The summed E-state index contributed by atoms with van der Waals surface area (Å²) in [5.41, 5.74) is 4.81. The lowest BCUT2D eigenvalue weighted by molar-refractivity contribution is 0.992. The zero-order valence-corrected chi connectivity index (χ0v) is 3.01. The average molecular weight is 77.1 g/mol. The normalized spacial score (nSPS) is 7.50. The molecular formula is CH5N2S-. The van der Waals surface area contributed by atoms with Crippen LogP contribution >= 0.6 is 0 Å². The van der Waals surface area contributed by atoms with Crippen molar-refractivity contribution in [3.63, 3.8) is 0 Å². The Morgan fingerprint density at radius 3 is 2.25 bits per heavy atom. The number of nitrogens with two attached hydrogens (primary N) is 1. The summed E-state index contributed by atoms with van der Waals surface area (Å²) in [5.74, 6) is 0. The maximum atomic E-state index is 4.81. The van der Waals surface area contributed by atoms with Gasteiger partial charge in [-0.2, -0.15) is 0 Å². The summed E-state index contributed by atoms with van der Waals surface area (Å²) in [6.45, 7) is 0.384. The van der Waals surface area contributed by atoms with Crippen LogP contribution < -0.4 is 10.5 Å². The molecule has 0 aromatic rings. The molecule has 2 nitrogen and oxygen atoms in total. The van der Waals surface area contributed by atoms with Crippen molar-refractivity contribution in [3.8, 4) is 0 Å². The van der Waals surface area contributed by atoms with Gasteiger partial charge in [0.2, 0.25) is 0 Å². The minimum atomic E-state index is 0.384. The smallest absolute Gasteiger partial charge is 0.0217 e. The summed E-state index contributed by atoms with van der Waals surface area (Å²) in [5, 5.41) is 0. The highest BCUT2D eigenvalue weighted by Gasteiger charge is 1.37. The van der Waals surface area contributed by atoms with Crippen molar-refractivity contribution in [2.45, 2.75) is 0 Å². The number of hydrogen-bond acceptors (Lipinski definition) is 3. The predicted molar refractivity (Wildman–Crippen MR) is 19.6 cm³/mol. The van der Waals surface area contributed by atoms with Crippen LogP contribution in [0.2, 0.25) is 0 Å². The van der Waals surface area contributed by atoms with E-state index in [0.717, 1.165) is 0 Å². The molecule has 0 rings (SSSR count). The van der Waals surface area contributed by atoms with Crippen LogP contribution in [0.1, 0.15) is 0 Å². The molecule has 0 saturated carbocycles. The van der Waals surface area contributed by atoms with E-state index < -0.39 is 0 Å². The molecule has 0 spiro atoms. The van der Waals surface area contributed by atoms with Crippen LogP contribution in [-0.4, -0.2) is 6.67 Å². The molecule has 0 aliphatic carbocycles. The van der Waals surface area contributed by atoms with Gasteiger partial charge in [-0.1, -0.05) is 0 Å². The average Bonchev–Trinajstić information content (AvgIpc) is 1.37. The second-order valence-corrected chi connectivity index (χ2v) is 0.637. The van der Waals surface area contributed by atoms with Gasteiger partial charge in [-0.15, -0.1) is 0 Å². The largest absolute Gasteiger partial charge is 0.704 e. The molecule has 0 bridgehead atoms. The highest BCUT2D eigenvalue weighted by atomic mass is 32.1. The molecule has 0 aliphatic rings. The second kappa shape index (κ2) is 3.27. The SMILES string of the molecule is NCN[S-]. The summed E-state index contributed by atoms with van der Waals surface area (Å²) in [6, 6.07) is 0. The molecule has 0 aromatic heterocycles. The van der Waals surface area contributed by atoms with Crippen molar-refractivity contribution in [2.24, 2.45) is 5.73 Å². The first-order valence-corrected chi connectivity index (χ1v) is 1.37. The molecule has 0 aliphatic heterocycles. The van der Waals surface area contributed by atoms with Crippen molar-refractivity contribution in [1.82, 2.24) is 4.72 Å². The van der Waals surface area contributed by atoms with E-state index in [4.69, 9.17) is 5.73 Å². The summed E-state index contributed by atoms with van der Waals surface area (Å²) in [7, 11) is 0. The first-order valence-electron chi connectivity index (χ1n) is 0.966. The minimum absolute atomic E-state index is 0.384. The number of hydrogen-bond donors (Lipinski definition) is 2. The molecule has 0 aromatic carbocycles. The molecule has 0 saturated heterocycles. The molecule has 3 N–H and O–H groups in total. The third-order valence-electron chi connectivity index (χ3n) is 0.0833. The molecule has 3 heteroatoms. The standard InChI is InChI=1S/CH5N2S/c2-1-3-4/h3H,1-2H2/q-1. The third kappa shape index (κ3) is 2.27. The molecule has 0 radical (unpaired) electrons. The van der Waals surface area contributed by atoms with Crippen molar-refractivity contribution in [2.75, 3.05) is 6.67 Å². The van der Waals surface area contributed by atoms with E-state index in [1.807, 2.05) is 0 Å². The third-order valence-corrected chi connectivity index (χ3v) is 0.250. The number of nitrogens with one attached hydrogen (secondary N) is 1. The van der Waals surface area contributed by atoms with Gasteiger partial charge in [-0.05, 0) is 0 Å². The molecule has 26 valence electrons. The Morgan fingerprint density at radius 1 is 2.00 bits per heavy atom. The van der Waals surface area contributed by atoms with Gasteiger partial charge in [0.15, 0.2) is 0 Å². The molecule has 0 amide bonds. The van der Waals surface area contributed by atoms with Gasteiger partial charge in [0.05, 0.1) is 0 Å². The van der Waals surface area contributed by atoms with E-state index in [1.165, 1.54) is 0 Å². The molecule has 0 atom stereocenters. The van der Waals surface area contributed by atoms with Crippen LogP contribution in [0.25, 0.3) is 0 Å². The Balaban J connectivity index is 1.97. The summed E-state index contributed by atoms with van der Waals surface area (Å²) in [4.78, 5) is 0. The van der Waals surface area contributed by atoms with E-state index in [9.17, 15) is 0 Å². The zero-order valence-electron chi connectivity index (χ0n) is 2.19. The van der Waals surface area contributed by atoms with Crippen molar-refractivity contribution < 1.29 is 0 Å². The quantitative estimate of drug-likeness (QED) is 0.310. The molecule has 0 heterocycles. The van der Waals surface area contributed by atoms with E-state index in [0.29, 0.717) is 6.67 Å². The van der Waals surface area contributed by atoms with Crippen LogP contribution in [0.5, 0.6) is 0 Å². The van der Waals surface area contributed by atoms with Gasteiger partial charge >= 0.3 is 0 Å². The number of rotatable bonds is 1. The summed E-state index contributed by atoms with van der Waals surface area (Å²) >= 11 is 4.18. The van der Waals surface area contributed by atoms with Gasteiger partial charge in [-0.3, -0.25) is 0 Å². The maximum Gasteiger partial charge on any atom is 0.0217 e. The fourth-order valence-corrected chi connectivity index (χ4v) is 0. The molecule has 0 fully saturated rings. The Labute approximate surface area is 30.9 Å². The predicted octanol–water partition coefficient (Wildman–Crippen LogP) is -1.05. The van der Waals surface area contributed by atoms with Gasteiger partial charge in [0.25, 0.3) is 0 Å². The van der Waals surface area contributed by atoms with E-state index in [2.05, 4.69) is 17.5 Å². The first-order chi connectivity index (χ1) is 1.91. The zero-order chi connectivity index (χ0) is 3.41. The fraction of sp³-hybridized carbons (Fsp3) is 1.00. The molecular weight excluding hydrogens is 72.1 g/mol.